The van der Waals surface area contributed by atoms with E-state index in [-0.39, 0.29) is 17.4 Å². The lowest BCUT2D eigenvalue weighted by Gasteiger charge is -2.25. The summed E-state index contributed by atoms with van der Waals surface area (Å²) in [6.07, 6.45) is 3.71. The Morgan fingerprint density at radius 3 is 2.67 bits per heavy atom. The van der Waals surface area contributed by atoms with Crippen molar-refractivity contribution in [2.45, 2.75) is 6.42 Å². The van der Waals surface area contributed by atoms with E-state index in [0.717, 1.165) is 22.3 Å². The summed E-state index contributed by atoms with van der Waals surface area (Å²) in [4.78, 5) is 19.7. The van der Waals surface area contributed by atoms with Crippen molar-refractivity contribution in [1.82, 2.24) is 9.97 Å². The Bertz CT molecular complexity index is 1300. The molecule has 0 unspecified atom stereocenters. The maximum atomic E-state index is 14.0. The molecule has 0 atom stereocenters. The first-order valence-electron chi connectivity index (χ1n) is 9.43. The predicted octanol–water partition coefficient (Wildman–Crippen LogP) is 5.20. The number of hydrogen-bond donors (Lipinski definition) is 3. The van der Waals surface area contributed by atoms with Gasteiger partial charge in [0, 0.05) is 23.3 Å². The van der Waals surface area contributed by atoms with Gasteiger partial charge in [-0.1, -0.05) is 30.3 Å². The largest absolute Gasteiger partial charge is 0.434 e. The average molecular weight is 400 g/mol. The van der Waals surface area contributed by atoms with Crippen LogP contribution in [0.1, 0.15) is 6.42 Å². The lowest BCUT2D eigenvalue weighted by molar-refractivity contribution is -0.116. The topological polar surface area (TPSA) is 79.0 Å². The molecule has 0 bridgehead atoms. The Labute approximate surface area is 171 Å². The molecule has 5 rings (SSSR count). The highest BCUT2D eigenvalue weighted by Gasteiger charge is 2.29. The van der Waals surface area contributed by atoms with Gasteiger partial charge in [0.15, 0.2) is 17.3 Å². The first-order chi connectivity index (χ1) is 14.7. The standard InChI is InChI=1S/C23H17FN4O2/c24-15-7-2-4-10-21(15)30-23-17(9-5-11-25-23)28-22-18(12-20(22)29)27-19-13-26-16-8-3-1-6-14(16)19/h1-11,13,26-28H,12H2. The van der Waals surface area contributed by atoms with E-state index in [0.29, 0.717) is 17.8 Å². The number of nitrogens with zero attached hydrogens (tertiary/aromatic N) is 1. The van der Waals surface area contributed by atoms with Crippen LogP contribution in [0.4, 0.5) is 15.8 Å². The number of pyridine rings is 1. The van der Waals surface area contributed by atoms with Gasteiger partial charge in [0.1, 0.15) is 11.4 Å². The fourth-order valence-electron chi connectivity index (χ4n) is 3.32. The molecule has 2 aromatic carbocycles. The molecule has 1 aliphatic carbocycles. The summed E-state index contributed by atoms with van der Waals surface area (Å²) >= 11 is 0. The van der Waals surface area contributed by atoms with Crippen LogP contribution in [0.15, 0.2) is 84.5 Å². The van der Waals surface area contributed by atoms with Gasteiger partial charge in [-0.15, -0.1) is 0 Å². The number of Topliss-reactive ketones (excluding diaryl/α,β-unsaturated/α-hetero) is 1. The van der Waals surface area contributed by atoms with Crippen LogP contribution in [-0.2, 0) is 4.79 Å². The van der Waals surface area contributed by atoms with E-state index in [4.69, 9.17) is 4.74 Å². The quantitative estimate of drug-likeness (QED) is 0.414. The number of hydrogen-bond acceptors (Lipinski definition) is 5. The van der Waals surface area contributed by atoms with Gasteiger partial charge in [0.25, 0.3) is 0 Å². The molecule has 148 valence electrons. The maximum Gasteiger partial charge on any atom is 0.243 e. The van der Waals surface area contributed by atoms with Crippen molar-refractivity contribution in [3.8, 4) is 11.6 Å². The third-order valence-corrected chi connectivity index (χ3v) is 4.87. The molecule has 2 heterocycles. The molecular formula is C23H17FN4O2. The zero-order chi connectivity index (χ0) is 20.5. The first-order valence-corrected chi connectivity index (χ1v) is 9.43. The van der Waals surface area contributed by atoms with E-state index in [2.05, 4.69) is 20.6 Å². The minimum atomic E-state index is -0.491. The van der Waals surface area contributed by atoms with Gasteiger partial charge in [-0.25, -0.2) is 9.37 Å². The van der Waals surface area contributed by atoms with Gasteiger partial charge in [0.2, 0.25) is 5.88 Å². The van der Waals surface area contributed by atoms with Gasteiger partial charge in [-0.3, -0.25) is 4.79 Å². The van der Waals surface area contributed by atoms with Crippen LogP contribution in [0.3, 0.4) is 0 Å². The molecule has 0 aliphatic heterocycles. The number of nitrogens with one attached hydrogen (secondary N) is 3. The fourth-order valence-corrected chi connectivity index (χ4v) is 3.32. The molecule has 0 saturated carbocycles. The molecular weight excluding hydrogens is 383 g/mol. The SMILES string of the molecule is O=C1CC(Nc2c[nH]c3ccccc23)=C1Nc1cccnc1Oc1ccccc1F. The molecule has 0 radical (unpaired) electrons. The summed E-state index contributed by atoms with van der Waals surface area (Å²) in [6.45, 7) is 0. The number of rotatable bonds is 6. The van der Waals surface area contributed by atoms with Crippen molar-refractivity contribution in [1.29, 1.82) is 0 Å². The first kappa shape index (κ1) is 17.9. The van der Waals surface area contributed by atoms with Crippen molar-refractivity contribution in [2.75, 3.05) is 10.6 Å². The number of carbonyl (C=O) groups is 1. The molecule has 6 nitrogen and oxygen atoms in total. The van der Waals surface area contributed by atoms with E-state index >= 15 is 0 Å². The number of ether oxygens (including phenoxy) is 1. The zero-order valence-electron chi connectivity index (χ0n) is 15.8. The Morgan fingerprint density at radius 1 is 0.967 bits per heavy atom. The highest BCUT2D eigenvalue weighted by Crippen LogP contribution is 2.34. The number of aromatic amines is 1. The smallest absolute Gasteiger partial charge is 0.243 e. The number of fused-ring (bicyclic) bond motifs is 1. The average Bonchev–Trinajstić information content (AvgIpc) is 3.17. The second-order valence-corrected chi connectivity index (χ2v) is 6.84. The van der Waals surface area contributed by atoms with Gasteiger partial charge < -0.3 is 20.4 Å². The summed E-state index contributed by atoms with van der Waals surface area (Å²) in [5, 5.41) is 7.45. The summed E-state index contributed by atoms with van der Waals surface area (Å²) in [5.74, 6) is -0.278. The van der Waals surface area contributed by atoms with Crippen molar-refractivity contribution < 1.29 is 13.9 Å². The number of benzene rings is 2. The molecule has 30 heavy (non-hydrogen) atoms. The molecule has 0 spiro atoms. The van der Waals surface area contributed by atoms with Crippen molar-refractivity contribution >= 4 is 28.1 Å². The zero-order valence-corrected chi connectivity index (χ0v) is 15.8. The highest BCUT2D eigenvalue weighted by atomic mass is 19.1. The van der Waals surface area contributed by atoms with Crippen LogP contribution in [0.25, 0.3) is 10.9 Å². The predicted molar refractivity (Wildman–Crippen MR) is 113 cm³/mol. The van der Waals surface area contributed by atoms with Crippen LogP contribution in [0.2, 0.25) is 0 Å². The van der Waals surface area contributed by atoms with E-state index < -0.39 is 5.82 Å². The third kappa shape index (κ3) is 3.26. The van der Waals surface area contributed by atoms with Crippen LogP contribution in [0.5, 0.6) is 11.6 Å². The number of halogens is 1. The van der Waals surface area contributed by atoms with Crippen LogP contribution < -0.4 is 15.4 Å². The van der Waals surface area contributed by atoms with E-state index in [1.54, 1.807) is 30.5 Å². The number of carbonyl (C=O) groups excluding carboxylic acids is 1. The number of anilines is 2. The normalized spacial score (nSPS) is 13.3. The summed E-state index contributed by atoms with van der Waals surface area (Å²) in [5.41, 5.74) is 3.58. The lowest BCUT2D eigenvalue weighted by Crippen LogP contribution is -2.28. The molecule has 0 fully saturated rings. The third-order valence-electron chi connectivity index (χ3n) is 4.87. The number of aromatic nitrogens is 2. The number of ketones is 1. The molecule has 0 saturated heterocycles. The summed E-state index contributed by atoms with van der Waals surface area (Å²) < 4.78 is 19.6. The number of H-pyrrole nitrogens is 1. The Balaban J connectivity index is 1.42. The number of para-hydroxylation sites is 2. The molecule has 2 aromatic heterocycles. The molecule has 7 heteroatoms. The second-order valence-electron chi connectivity index (χ2n) is 6.84. The van der Waals surface area contributed by atoms with E-state index in [1.807, 2.05) is 30.5 Å². The Morgan fingerprint density at radius 2 is 1.80 bits per heavy atom. The maximum absolute atomic E-state index is 14.0. The van der Waals surface area contributed by atoms with Crippen LogP contribution in [0, 0.1) is 5.82 Å². The van der Waals surface area contributed by atoms with Crippen molar-refractivity contribution in [2.24, 2.45) is 0 Å². The summed E-state index contributed by atoms with van der Waals surface area (Å²) in [6, 6.07) is 17.4. The van der Waals surface area contributed by atoms with Crippen LogP contribution >= 0.6 is 0 Å². The Hall–Kier alpha value is -4.13. The van der Waals surface area contributed by atoms with Gasteiger partial charge in [-0.05, 0) is 30.3 Å². The fraction of sp³-hybridized carbons (Fsp3) is 0.0435. The van der Waals surface area contributed by atoms with Gasteiger partial charge in [0.05, 0.1) is 17.8 Å². The van der Waals surface area contributed by atoms with E-state index in [9.17, 15) is 9.18 Å². The molecule has 1 aliphatic rings. The minimum absolute atomic E-state index is 0.0296. The number of allylic oxidation sites excluding steroid dienone is 2. The van der Waals surface area contributed by atoms with Gasteiger partial charge in [-0.2, -0.15) is 0 Å². The molecule has 3 N–H and O–H groups in total. The molecule has 0 amide bonds. The monoisotopic (exact) mass is 400 g/mol. The second kappa shape index (κ2) is 7.36. The lowest BCUT2D eigenvalue weighted by atomic mass is 9.98. The van der Waals surface area contributed by atoms with E-state index in [1.165, 1.54) is 12.1 Å². The van der Waals surface area contributed by atoms with Crippen molar-refractivity contribution in [3.05, 3.63) is 90.3 Å². The van der Waals surface area contributed by atoms with Crippen LogP contribution in [-0.4, -0.2) is 15.8 Å². The Kier molecular flexibility index (Phi) is 4.40. The minimum Gasteiger partial charge on any atom is -0.434 e. The molecule has 4 aromatic rings. The van der Waals surface area contributed by atoms with Crippen molar-refractivity contribution in [3.63, 3.8) is 0 Å². The highest BCUT2D eigenvalue weighted by molar-refractivity contribution is 6.08. The summed E-state index contributed by atoms with van der Waals surface area (Å²) in [7, 11) is 0. The van der Waals surface area contributed by atoms with Gasteiger partial charge >= 0.3 is 0 Å².